The number of hydrogen-bond acceptors (Lipinski definition) is 4. The van der Waals surface area contributed by atoms with Crippen LogP contribution in [0, 0.1) is 0 Å². The second kappa shape index (κ2) is 6.67. The Morgan fingerprint density at radius 2 is 2.20 bits per heavy atom. The number of pyridine rings is 1. The number of thiocarbonyl (C=S) groups is 1. The Bertz CT molecular complexity index is 634. The van der Waals surface area contributed by atoms with Gasteiger partial charge in [0.1, 0.15) is 4.99 Å². The van der Waals surface area contributed by atoms with Crippen LogP contribution >= 0.6 is 28.1 Å². The fourth-order valence-electron chi connectivity index (χ4n) is 1.74. The second-order valence-corrected chi connectivity index (χ2v) is 5.47. The van der Waals surface area contributed by atoms with E-state index in [4.69, 9.17) is 22.7 Å². The molecule has 104 valence electrons. The number of halogens is 1. The molecule has 4 nitrogen and oxygen atoms in total. The van der Waals surface area contributed by atoms with Crippen molar-refractivity contribution in [2.24, 2.45) is 5.73 Å². The van der Waals surface area contributed by atoms with Crippen LogP contribution in [0.15, 0.2) is 41.0 Å². The van der Waals surface area contributed by atoms with E-state index >= 15 is 0 Å². The molecule has 1 heterocycles. The summed E-state index contributed by atoms with van der Waals surface area (Å²) in [4.78, 5) is 4.44. The van der Waals surface area contributed by atoms with Crippen molar-refractivity contribution < 1.29 is 4.74 Å². The van der Waals surface area contributed by atoms with Gasteiger partial charge in [-0.05, 0) is 29.8 Å². The highest BCUT2D eigenvalue weighted by Gasteiger charge is 2.06. The van der Waals surface area contributed by atoms with E-state index < -0.39 is 0 Å². The molecule has 0 amide bonds. The summed E-state index contributed by atoms with van der Waals surface area (Å²) in [6.07, 6.45) is 1.71. The van der Waals surface area contributed by atoms with Gasteiger partial charge in [-0.3, -0.25) is 0 Å². The summed E-state index contributed by atoms with van der Waals surface area (Å²) < 4.78 is 6.04. The van der Waals surface area contributed by atoms with Crippen molar-refractivity contribution in [2.45, 2.75) is 6.54 Å². The lowest BCUT2D eigenvalue weighted by Gasteiger charge is -2.12. The summed E-state index contributed by atoms with van der Waals surface area (Å²) in [5.74, 6) is 0.592. The van der Waals surface area contributed by atoms with E-state index in [0.717, 1.165) is 21.3 Å². The van der Waals surface area contributed by atoms with Gasteiger partial charge in [0.2, 0.25) is 5.88 Å². The Morgan fingerprint density at radius 3 is 2.90 bits per heavy atom. The number of ether oxygens (including phenoxy) is 1. The summed E-state index contributed by atoms with van der Waals surface area (Å²) >= 11 is 8.48. The van der Waals surface area contributed by atoms with Crippen LogP contribution < -0.4 is 15.8 Å². The molecule has 0 unspecified atom stereocenters. The monoisotopic (exact) mass is 351 g/mol. The zero-order valence-electron chi connectivity index (χ0n) is 10.9. The molecule has 0 spiro atoms. The van der Waals surface area contributed by atoms with E-state index in [2.05, 4.69) is 26.2 Å². The number of rotatable bonds is 5. The molecule has 0 aliphatic heterocycles. The molecule has 0 aliphatic carbocycles. The average molecular weight is 352 g/mol. The highest BCUT2D eigenvalue weighted by atomic mass is 79.9. The minimum Gasteiger partial charge on any atom is -0.481 e. The molecule has 0 fully saturated rings. The minimum absolute atomic E-state index is 0.362. The quantitative estimate of drug-likeness (QED) is 0.810. The van der Waals surface area contributed by atoms with Crippen molar-refractivity contribution in [3.63, 3.8) is 0 Å². The van der Waals surface area contributed by atoms with E-state index in [1.165, 1.54) is 0 Å². The number of nitrogens with zero attached hydrogens (tertiary/aromatic N) is 1. The first kappa shape index (κ1) is 14.7. The van der Waals surface area contributed by atoms with Gasteiger partial charge in [-0.2, -0.15) is 0 Å². The molecule has 0 aliphatic rings. The molecular formula is C14H14BrN3OS. The zero-order valence-corrected chi connectivity index (χ0v) is 13.3. The molecule has 2 aromatic rings. The third-order valence-electron chi connectivity index (χ3n) is 2.74. The van der Waals surface area contributed by atoms with Crippen molar-refractivity contribution in [1.82, 2.24) is 4.98 Å². The molecule has 0 atom stereocenters. The van der Waals surface area contributed by atoms with E-state index in [9.17, 15) is 0 Å². The third-order valence-corrected chi connectivity index (χ3v) is 3.45. The number of anilines is 1. The van der Waals surface area contributed by atoms with Crippen LogP contribution in [0.2, 0.25) is 0 Å². The van der Waals surface area contributed by atoms with Gasteiger partial charge in [0.05, 0.1) is 7.11 Å². The van der Waals surface area contributed by atoms with E-state index in [0.29, 0.717) is 17.4 Å². The van der Waals surface area contributed by atoms with Gasteiger partial charge < -0.3 is 15.8 Å². The topological polar surface area (TPSA) is 60.2 Å². The van der Waals surface area contributed by atoms with Crippen molar-refractivity contribution in [3.05, 3.63) is 52.1 Å². The maximum absolute atomic E-state index is 5.74. The Morgan fingerprint density at radius 1 is 1.40 bits per heavy atom. The maximum Gasteiger partial charge on any atom is 0.213 e. The van der Waals surface area contributed by atoms with E-state index in [1.54, 1.807) is 13.3 Å². The Hall–Kier alpha value is -1.66. The summed E-state index contributed by atoms with van der Waals surface area (Å²) in [6.45, 7) is 0.635. The van der Waals surface area contributed by atoms with Crippen molar-refractivity contribution in [2.75, 3.05) is 12.4 Å². The predicted molar refractivity (Wildman–Crippen MR) is 88.1 cm³/mol. The van der Waals surface area contributed by atoms with Gasteiger partial charge in [0.25, 0.3) is 0 Å². The maximum atomic E-state index is 5.74. The molecule has 0 saturated carbocycles. The zero-order chi connectivity index (χ0) is 14.5. The van der Waals surface area contributed by atoms with Gasteiger partial charge in [0, 0.05) is 34.5 Å². The van der Waals surface area contributed by atoms with Crippen LogP contribution in [0.1, 0.15) is 11.1 Å². The first-order valence-electron chi connectivity index (χ1n) is 5.92. The fourth-order valence-corrected chi connectivity index (χ4v) is 2.27. The fraction of sp³-hybridized carbons (Fsp3) is 0.143. The van der Waals surface area contributed by atoms with Crippen molar-refractivity contribution in [3.8, 4) is 5.88 Å². The number of benzene rings is 1. The predicted octanol–water partition coefficient (Wildman–Crippen LogP) is 3.10. The molecule has 0 bridgehead atoms. The average Bonchev–Trinajstić information content (AvgIpc) is 2.46. The van der Waals surface area contributed by atoms with Crippen LogP contribution in [0.25, 0.3) is 0 Å². The van der Waals surface area contributed by atoms with Crippen molar-refractivity contribution >= 4 is 38.8 Å². The Labute approximate surface area is 131 Å². The van der Waals surface area contributed by atoms with E-state index in [1.807, 2.05) is 30.3 Å². The molecule has 1 aromatic heterocycles. The first-order valence-corrected chi connectivity index (χ1v) is 7.12. The van der Waals surface area contributed by atoms with Crippen LogP contribution in [0.3, 0.4) is 0 Å². The normalized spacial score (nSPS) is 10.1. The SMILES string of the molecule is COc1cc(CNc2ccc(Br)cc2C(N)=S)ccn1. The van der Waals surface area contributed by atoms with Gasteiger partial charge >= 0.3 is 0 Å². The molecule has 2 rings (SSSR count). The highest BCUT2D eigenvalue weighted by molar-refractivity contribution is 9.10. The van der Waals surface area contributed by atoms with Crippen molar-refractivity contribution in [1.29, 1.82) is 0 Å². The molecule has 20 heavy (non-hydrogen) atoms. The number of hydrogen-bond donors (Lipinski definition) is 2. The summed E-state index contributed by atoms with van der Waals surface area (Å²) in [6, 6.07) is 9.59. The van der Waals surface area contributed by atoms with Crippen LogP contribution in [-0.2, 0) is 6.54 Å². The van der Waals surface area contributed by atoms with Gasteiger partial charge in [0.15, 0.2) is 0 Å². The number of nitrogens with one attached hydrogen (secondary N) is 1. The van der Waals surface area contributed by atoms with Gasteiger partial charge in [-0.25, -0.2) is 4.98 Å². The lowest BCUT2D eigenvalue weighted by Crippen LogP contribution is -2.13. The molecule has 1 aromatic carbocycles. The first-order chi connectivity index (χ1) is 9.60. The Kier molecular flexibility index (Phi) is 4.92. The Balaban J connectivity index is 2.16. The van der Waals surface area contributed by atoms with Crippen LogP contribution in [0.4, 0.5) is 5.69 Å². The van der Waals surface area contributed by atoms with E-state index in [-0.39, 0.29) is 0 Å². The van der Waals surface area contributed by atoms with Gasteiger partial charge in [-0.15, -0.1) is 0 Å². The molecule has 6 heteroatoms. The lowest BCUT2D eigenvalue weighted by molar-refractivity contribution is 0.397. The molecular weight excluding hydrogens is 338 g/mol. The second-order valence-electron chi connectivity index (χ2n) is 4.11. The smallest absolute Gasteiger partial charge is 0.213 e. The number of methoxy groups -OCH3 is 1. The van der Waals surface area contributed by atoms with Gasteiger partial charge in [-0.1, -0.05) is 28.1 Å². The number of nitrogens with two attached hydrogens (primary N) is 1. The minimum atomic E-state index is 0.362. The summed E-state index contributed by atoms with van der Waals surface area (Å²) in [7, 11) is 1.60. The highest BCUT2D eigenvalue weighted by Crippen LogP contribution is 2.22. The number of aromatic nitrogens is 1. The molecule has 0 saturated heterocycles. The molecule has 3 N–H and O–H groups in total. The summed E-state index contributed by atoms with van der Waals surface area (Å²) in [5.41, 5.74) is 8.52. The summed E-state index contributed by atoms with van der Waals surface area (Å²) in [5, 5.41) is 3.32. The van der Waals surface area contributed by atoms with Crippen LogP contribution in [0.5, 0.6) is 5.88 Å². The molecule has 0 radical (unpaired) electrons. The lowest BCUT2D eigenvalue weighted by atomic mass is 10.1. The largest absolute Gasteiger partial charge is 0.481 e. The standard InChI is InChI=1S/C14H14BrN3OS/c1-19-13-6-9(4-5-17-13)8-18-12-3-2-10(15)7-11(12)14(16)20/h2-7,18H,8H2,1H3,(H2,16,20). The van der Waals surface area contributed by atoms with Crippen LogP contribution in [-0.4, -0.2) is 17.1 Å². The third kappa shape index (κ3) is 3.68.